The molecule has 2 saturated heterocycles. The lowest BCUT2D eigenvalue weighted by Gasteiger charge is -2.36. The lowest BCUT2D eigenvalue weighted by Crippen LogP contribution is -2.50. The van der Waals surface area contributed by atoms with Gasteiger partial charge in [-0.15, -0.1) is 0 Å². The fourth-order valence-electron chi connectivity index (χ4n) is 2.87. The van der Waals surface area contributed by atoms with E-state index >= 15 is 0 Å². The molecule has 2 fully saturated rings. The smallest absolute Gasteiger partial charge is 0.289 e. The first-order valence-corrected chi connectivity index (χ1v) is 8.93. The number of thioether (sulfide) groups is 1. The van der Waals surface area contributed by atoms with Gasteiger partial charge in [-0.05, 0) is 31.5 Å². The molecule has 0 spiro atoms. The van der Waals surface area contributed by atoms with Crippen molar-refractivity contribution in [2.24, 2.45) is 0 Å². The van der Waals surface area contributed by atoms with E-state index in [0.717, 1.165) is 17.3 Å². The van der Waals surface area contributed by atoms with Gasteiger partial charge < -0.3 is 9.64 Å². The summed E-state index contributed by atoms with van der Waals surface area (Å²) in [7, 11) is 0. The van der Waals surface area contributed by atoms with Crippen LogP contribution in [0.5, 0.6) is 0 Å². The minimum Gasteiger partial charge on any atom is -0.375 e. The molecular formula is C17H20N2O4S. The molecule has 0 saturated carbocycles. The lowest BCUT2D eigenvalue weighted by molar-refractivity contribution is -0.125. The maximum atomic E-state index is 12.8. The van der Waals surface area contributed by atoms with Gasteiger partial charge in [0.2, 0.25) is 5.91 Å². The largest absolute Gasteiger partial charge is 0.375 e. The molecule has 0 bridgehead atoms. The molecule has 6 nitrogen and oxygen atoms in total. The number of amides is 3. The van der Waals surface area contributed by atoms with Crippen LogP contribution in [0.1, 0.15) is 29.8 Å². The molecule has 3 amide bonds. The molecule has 0 aliphatic carbocycles. The summed E-state index contributed by atoms with van der Waals surface area (Å²) in [4.78, 5) is 39.3. The summed E-state index contributed by atoms with van der Waals surface area (Å²) in [5.74, 6) is -0.0361. The van der Waals surface area contributed by atoms with Crippen molar-refractivity contribution in [1.29, 1.82) is 0 Å². The van der Waals surface area contributed by atoms with Crippen molar-refractivity contribution in [2.75, 3.05) is 18.9 Å². The number of rotatable bonds is 3. The number of ether oxygens (including phenoxy) is 1. The third-order valence-corrected chi connectivity index (χ3v) is 5.08. The highest BCUT2D eigenvalue weighted by molar-refractivity contribution is 8.14. The zero-order valence-electron chi connectivity index (χ0n) is 13.7. The zero-order valence-corrected chi connectivity index (χ0v) is 14.5. The molecule has 2 aliphatic rings. The molecule has 24 heavy (non-hydrogen) atoms. The molecule has 0 aromatic heterocycles. The van der Waals surface area contributed by atoms with Crippen molar-refractivity contribution in [3.05, 3.63) is 35.4 Å². The SMILES string of the molecule is CC1CN(C(=O)c2cccc(CN3C(=O)CSC3=O)c2)C(C)CO1. The van der Waals surface area contributed by atoms with Crippen LogP contribution in [0, 0.1) is 0 Å². The summed E-state index contributed by atoms with van der Waals surface area (Å²) >= 11 is 1.01. The monoisotopic (exact) mass is 348 g/mol. The second-order valence-corrected chi connectivity index (χ2v) is 7.11. The topological polar surface area (TPSA) is 66.9 Å². The van der Waals surface area contributed by atoms with Gasteiger partial charge in [0.1, 0.15) is 0 Å². The molecule has 2 heterocycles. The van der Waals surface area contributed by atoms with Crippen LogP contribution in [-0.2, 0) is 16.1 Å². The average molecular weight is 348 g/mol. The summed E-state index contributed by atoms with van der Waals surface area (Å²) in [5.41, 5.74) is 1.35. The summed E-state index contributed by atoms with van der Waals surface area (Å²) in [5, 5.41) is -0.229. The fourth-order valence-corrected chi connectivity index (χ4v) is 3.60. The molecule has 0 N–H and O–H groups in total. The maximum Gasteiger partial charge on any atom is 0.289 e. The molecule has 0 radical (unpaired) electrons. The molecular weight excluding hydrogens is 328 g/mol. The number of hydrogen-bond donors (Lipinski definition) is 0. The van der Waals surface area contributed by atoms with Crippen molar-refractivity contribution in [2.45, 2.75) is 32.5 Å². The first-order chi connectivity index (χ1) is 11.5. The van der Waals surface area contributed by atoms with Gasteiger partial charge in [-0.1, -0.05) is 23.9 Å². The van der Waals surface area contributed by atoms with Gasteiger partial charge in [0, 0.05) is 12.1 Å². The van der Waals surface area contributed by atoms with Crippen LogP contribution in [0.4, 0.5) is 4.79 Å². The van der Waals surface area contributed by atoms with Gasteiger partial charge in [-0.3, -0.25) is 19.3 Å². The first-order valence-electron chi connectivity index (χ1n) is 7.94. The Labute approximate surface area is 145 Å². The van der Waals surface area contributed by atoms with Crippen molar-refractivity contribution in [1.82, 2.24) is 9.80 Å². The molecule has 3 rings (SSSR count). The van der Waals surface area contributed by atoms with Gasteiger partial charge in [0.05, 0.1) is 31.1 Å². The van der Waals surface area contributed by atoms with E-state index in [1.54, 1.807) is 18.2 Å². The van der Waals surface area contributed by atoms with Crippen LogP contribution in [0.3, 0.4) is 0 Å². The van der Waals surface area contributed by atoms with Crippen LogP contribution in [0.15, 0.2) is 24.3 Å². The van der Waals surface area contributed by atoms with Crippen molar-refractivity contribution < 1.29 is 19.1 Å². The molecule has 1 aromatic carbocycles. The third kappa shape index (κ3) is 3.47. The molecule has 2 atom stereocenters. The Morgan fingerprint density at radius 1 is 1.33 bits per heavy atom. The fraction of sp³-hybridized carbons (Fsp3) is 0.471. The predicted molar refractivity (Wildman–Crippen MR) is 90.8 cm³/mol. The summed E-state index contributed by atoms with van der Waals surface area (Å²) in [6.45, 7) is 5.21. The van der Waals surface area contributed by atoms with Gasteiger partial charge in [0.25, 0.3) is 11.1 Å². The van der Waals surface area contributed by atoms with Crippen molar-refractivity contribution in [3.63, 3.8) is 0 Å². The molecule has 2 aliphatic heterocycles. The van der Waals surface area contributed by atoms with E-state index in [9.17, 15) is 14.4 Å². The summed E-state index contributed by atoms with van der Waals surface area (Å²) < 4.78 is 5.56. The molecule has 1 aromatic rings. The van der Waals surface area contributed by atoms with Gasteiger partial charge in [-0.2, -0.15) is 0 Å². The normalized spacial score (nSPS) is 24.6. The molecule has 128 valence electrons. The highest BCUT2D eigenvalue weighted by atomic mass is 32.2. The minimum atomic E-state index is -0.229. The Kier molecular flexibility index (Phi) is 4.91. The number of hydrogen-bond acceptors (Lipinski definition) is 5. The highest BCUT2D eigenvalue weighted by Crippen LogP contribution is 2.22. The first kappa shape index (κ1) is 17.0. The second kappa shape index (κ2) is 6.94. The number of nitrogens with zero attached hydrogens (tertiary/aromatic N) is 2. The van der Waals surface area contributed by atoms with E-state index in [4.69, 9.17) is 4.74 Å². The van der Waals surface area contributed by atoms with Crippen LogP contribution in [0.25, 0.3) is 0 Å². The highest BCUT2D eigenvalue weighted by Gasteiger charge is 2.31. The third-order valence-electron chi connectivity index (χ3n) is 4.22. The number of morpholine rings is 1. The Balaban J connectivity index is 1.76. The number of benzene rings is 1. The summed E-state index contributed by atoms with van der Waals surface area (Å²) in [6, 6.07) is 7.16. The van der Waals surface area contributed by atoms with Crippen LogP contribution in [0.2, 0.25) is 0 Å². The zero-order chi connectivity index (χ0) is 17.3. The Hall–Kier alpha value is -1.86. The average Bonchev–Trinajstić information content (AvgIpc) is 2.88. The van der Waals surface area contributed by atoms with Gasteiger partial charge in [-0.25, -0.2) is 0 Å². The van der Waals surface area contributed by atoms with Crippen LogP contribution >= 0.6 is 11.8 Å². The van der Waals surface area contributed by atoms with Gasteiger partial charge >= 0.3 is 0 Å². The number of imide groups is 1. The van der Waals surface area contributed by atoms with E-state index < -0.39 is 0 Å². The number of carbonyl (C=O) groups excluding carboxylic acids is 3. The van der Waals surface area contributed by atoms with Crippen molar-refractivity contribution in [3.8, 4) is 0 Å². The van der Waals surface area contributed by atoms with Gasteiger partial charge in [0.15, 0.2) is 0 Å². The summed E-state index contributed by atoms with van der Waals surface area (Å²) in [6.07, 6.45) is 0.0187. The maximum absolute atomic E-state index is 12.8. The van der Waals surface area contributed by atoms with Crippen LogP contribution < -0.4 is 0 Å². The quantitative estimate of drug-likeness (QED) is 0.837. The molecule has 2 unspecified atom stereocenters. The Bertz CT molecular complexity index is 662. The minimum absolute atomic E-state index is 0.0187. The predicted octanol–water partition coefficient (Wildman–Crippen LogP) is 2.13. The number of carbonyl (C=O) groups is 3. The van der Waals surface area contributed by atoms with E-state index in [1.165, 1.54) is 4.90 Å². The van der Waals surface area contributed by atoms with E-state index in [1.807, 2.05) is 24.8 Å². The Morgan fingerprint density at radius 2 is 2.12 bits per heavy atom. The van der Waals surface area contributed by atoms with Crippen molar-refractivity contribution >= 4 is 28.8 Å². The van der Waals surface area contributed by atoms with E-state index in [-0.39, 0.29) is 41.5 Å². The Morgan fingerprint density at radius 3 is 2.83 bits per heavy atom. The van der Waals surface area contributed by atoms with E-state index in [2.05, 4.69) is 0 Å². The molecule has 7 heteroatoms. The standard InChI is InChI=1S/C17H20N2O4S/c1-11-9-23-12(2)7-18(11)16(21)14-5-3-4-13(6-14)8-19-15(20)10-24-17(19)22/h3-6,11-12H,7-10H2,1-2H3. The van der Waals surface area contributed by atoms with Crippen LogP contribution in [-0.4, -0.2) is 57.9 Å². The van der Waals surface area contributed by atoms with E-state index in [0.29, 0.717) is 18.7 Å². The lowest BCUT2D eigenvalue weighted by atomic mass is 10.1. The second-order valence-electron chi connectivity index (χ2n) is 6.19.